The Labute approximate surface area is 102 Å². The monoisotopic (exact) mass is 249 g/mol. The van der Waals surface area contributed by atoms with Crippen LogP contribution in [0.25, 0.3) is 10.4 Å². The van der Waals surface area contributed by atoms with Gasteiger partial charge in [0.25, 0.3) is 0 Å². The summed E-state index contributed by atoms with van der Waals surface area (Å²) < 4.78 is 0. The summed E-state index contributed by atoms with van der Waals surface area (Å²) in [5.41, 5.74) is 8.58. The van der Waals surface area contributed by atoms with Gasteiger partial charge in [-0.2, -0.15) is 0 Å². The second-order valence-corrected chi connectivity index (χ2v) is 3.72. The minimum atomic E-state index is -0.898. The van der Waals surface area contributed by atoms with Gasteiger partial charge in [-0.15, -0.1) is 0 Å². The van der Waals surface area contributed by atoms with Gasteiger partial charge >= 0.3 is 5.97 Å². The molecule has 9 heteroatoms. The number of anilines is 1. The van der Waals surface area contributed by atoms with Gasteiger partial charge in [0.05, 0.1) is 5.69 Å². The SMILES string of the molecule is [N-]=[N+]=Nc1cnc(N2CCNC(C(=O)O)C2)nc1. The highest BCUT2D eigenvalue weighted by molar-refractivity contribution is 5.74. The maximum Gasteiger partial charge on any atom is 0.322 e. The predicted molar refractivity (Wildman–Crippen MR) is 62.5 cm³/mol. The van der Waals surface area contributed by atoms with Gasteiger partial charge in [0.1, 0.15) is 6.04 Å². The second-order valence-electron chi connectivity index (χ2n) is 3.72. The van der Waals surface area contributed by atoms with Crippen LogP contribution in [0.4, 0.5) is 11.6 Å². The molecule has 1 atom stereocenters. The molecule has 0 amide bonds. The van der Waals surface area contributed by atoms with Gasteiger partial charge in [0, 0.05) is 36.9 Å². The lowest BCUT2D eigenvalue weighted by Gasteiger charge is -2.31. The summed E-state index contributed by atoms with van der Waals surface area (Å²) >= 11 is 0. The summed E-state index contributed by atoms with van der Waals surface area (Å²) in [6.45, 7) is 1.49. The van der Waals surface area contributed by atoms with E-state index in [0.29, 0.717) is 31.3 Å². The van der Waals surface area contributed by atoms with Crippen molar-refractivity contribution >= 4 is 17.6 Å². The summed E-state index contributed by atoms with van der Waals surface area (Å²) in [7, 11) is 0. The molecule has 1 fully saturated rings. The predicted octanol–water partition coefficient (Wildman–Crippen LogP) is 0.281. The molecule has 0 bridgehead atoms. The van der Waals surface area contributed by atoms with Gasteiger partial charge in [-0.05, 0) is 5.53 Å². The average molecular weight is 249 g/mol. The van der Waals surface area contributed by atoms with Crippen LogP contribution in [0.3, 0.4) is 0 Å². The van der Waals surface area contributed by atoms with E-state index in [4.69, 9.17) is 10.6 Å². The van der Waals surface area contributed by atoms with Gasteiger partial charge in [0.2, 0.25) is 5.95 Å². The molecular weight excluding hydrogens is 238 g/mol. The second kappa shape index (κ2) is 5.30. The van der Waals surface area contributed by atoms with Crippen molar-refractivity contribution in [1.82, 2.24) is 15.3 Å². The molecule has 1 aliphatic rings. The quantitative estimate of drug-likeness (QED) is 0.450. The molecule has 0 saturated carbocycles. The molecular formula is C9H11N7O2. The van der Waals surface area contributed by atoms with Crippen LogP contribution in [0.5, 0.6) is 0 Å². The third kappa shape index (κ3) is 2.65. The van der Waals surface area contributed by atoms with Crippen LogP contribution >= 0.6 is 0 Å². The number of carboxylic acids is 1. The van der Waals surface area contributed by atoms with Crippen molar-refractivity contribution in [2.45, 2.75) is 6.04 Å². The zero-order chi connectivity index (χ0) is 13.0. The van der Waals surface area contributed by atoms with E-state index in [1.54, 1.807) is 4.90 Å². The molecule has 18 heavy (non-hydrogen) atoms. The van der Waals surface area contributed by atoms with E-state index in [0.717, 1.165) is 0 Å². The van der Waals surface area contributed by atoms with E-state index < -0.39 is 12.0 Å². The maximum absolute atomic E-state index is 10.9. The molecule has 1 aromatic rings. The molecule has 2 rings (SSSR count). The number of hydrogen-bond acceptors (Lipinski definition) is 6. The van der Waals surface area contributed by atoms with E-state index in [9.17, 15) is 4.79 Å². The minimum Gasteiger partial charge on any atom is -0.480 e. The summed E-state index contributed by atoms with van der Waals surface area (Å²) in [6, 6.07) is -0.626. The Hall–Kier alpha value is -2.38. The van der Waals surface area contributed by atoms with Crippen molar-refractivity contribution in [1.29, 1.82) is 0 Å². The first-order valence-electron chi connectivity index (χ1n) is 5.29. The lowest BCUT2D eigenvalue weighted by atomic mass is 10.2. The van der Waals surface area contributed by atoms with Crippen LogP contribution < -0.4 is 10.2 Å². The number of aromatic nitrogens is 2. The minimum absolute atomic E-state index is 0.302. The van der Waals surface area contributed by atoms with Crippen LogP contribution in [0.2, 0.25) is 0 Å². The molecule has 9 nitrogen and oxygen atoms in total. The number of carbonyl (C=O) groups is 1. The van der Waals surface area contributed by atoms with E-state index in [1.807, 2.05) is 0 Å². The van der Waals surface area contributed by atoms with Crippen LogP contribution in [0.1, 0.15) is 0 Å². The Balaban J connectivity index is 2.11. The zero-order valence-electron chi connectivity index (χ0n) is 9.39. The molecule has 2 N–H and O–H groups in total. The molecule has 1 aromatic heterocycles. The number of hydrogen-bond donors (Lipinski definition) is 2. The first kappa shape index (κ1) is 12.1. The summed E-state index contributed by atoms with van der Waals surface area (Å²) in [5, 5.41) is 15.2. The van der Waals surface area contributed by atoms with Gasteiger partial charge in [-0.3, -0.25) is 4.79 Å². The van der Waals surface area contributed by atoms with Gasteiger partial charge in [-0.25, -0.2) is 9.97 Å². The lowest BCUT2D eigenvalue weighted by Crippen LogP contribution is -2.54. The van der Waals surface area contributed by atoms with Crippen molar-refractivity contribution in [2.75, 3.05) is 24.5 Å². The number of nitrogens with zero attached hydrogens (tertiary/aromatic N) is 6. The molecule has 2 heterocycles. The highest BCUT2D eigenvalue weighted by atomic mass is 16.4. The first-order chi connectivity index (χ1) is 8.70. The van der Waals surface area contributed by atoms with Crippen molar-refractivity contribution in [3.05, 3.63) is 22.8 Å². The van der Waals surface area contributed by atoms with E-state index in [-0.39, 0.29) is 0 Å². The third-order valence-electron chi connectivity index (χ3n) is 2.54. The normalized spacial score (nSPS) is 19.1. The van der Waals surface area contributed by atoms with Crippen molar-refractivity contribution in [3.63, 3.8) is 0 Å². The molecule has 1 unspecified atom stereocenters. The molecule has 1 aliphatic heterocycles. The highest BCUT2D eigenvalue weighted by Crippen LogP contribution is 2.14. The Morgan fingerprint density at radius 3 is 2.94 bits per heavy atom. The van der Waals surface area contributed by atoms with Crippen molar-refractivity contribution in [3.8, 4) is 0 Å². The maximum atomic E-state index is 10.9. The Bertz CT molecular complexity index is 482. The molecule has 1 saturated heterocycles. The number of carboxylic acid groups (broad SMARTS) is 1. The number of piperazine rings is 1. The first-order valence-corrected chi connectivity index (χ1v) is 5.29. The standard InChI is InChI=1S/C9H11N7O2/c10-15-14-6-3-12-9(13-4-6)16-2-1-11-7(5-16)8(17)18/h3-4,7,11H,1-2,5H2,(H,17,18). The topological polar surface area (TPSA) is 127 Å². The van der Waals surface area contributed by atoms with Crippen LogP contribution in [-0.4, -0.2) is 46.7 Å². The smallest absolute Gasteiger partial charge is 0.322 e. The van der Waals surface area contributed by atoms with Gasteiger partial charge in [0.15, 0.2) is 0 Å². The number of rotatable bonds is 3. The summed E-state index contributed by atoms with van der Waals surface area (Å²) in [6.07, 6.45) is 2.81. The van der Waals surface area contributed by atoms with Crippen LogP contribution in [0, 0.1) is 0 Å². The number of azide groups is 1. The fourth-order valence-electron chi connectivity index (χ4n) is 1.68. The van der Waals surface area contributed by atoms with Crippen LogP contribution in [0.15, 0.2) is 17.5 Å². The molecule has 94 valence electrons. The molecule has 0 aliphatic carbocycles. The Kier molecular flexibility index (Phi) is 3.56. The van der Waals surface area contributed by atoms with E-state index in [2.05, 4.69) is 25.3 Å². The number of nitrogens with one attached hydrogen (secondary N) is 1. The van der Waals surface area contributed by atoms with Crippen molar-refractivity contribution < 1.29 is 9.90 Å². The fraction of sp³-hybridized carbons (Fsp3) is 0.444. The van der Waals surface area contributed by atoms with E-state index in [1.165, 1.54) is 12.4 Å². The van der Waals surface area contributed by atoms with Crippen LogP contribution in [-0.2, 0) is 4.79 Å². The third-order valence-corrected chi connectivity index (χ3v) is 2.54. The molecule has 0 spiro atoms. The zero-order valence-corrected chi connectivity index (χ0v) is 9.39. The van der Waals surface area contributed by atoms with E-state index >= 15 is 0 Å². The molecule has 0 aromatic carbocycles. The Morgan fingerprint density at radius 1 is 1.61 bits per heavy atom. The average Bonchev–Trinajstić information content (AvgIpc) is 2.40. The fourth-order valence-corrected chi connectivity index (χ4v) is 1.68. The summed E-state index contributed by atoms with van der Waals surface area (Å²) in [4.78, 5) is 23.4. The largest absolute Gasteiger partial charge is 0.480 e. The van der Waals surface area contributed by atoms with Gasteiger partial charge < -0.3 is 15.3 Å². The van der Waals surface area contributed by atoms with Crippen molar-refractivity contribution in [2.24, 2.45) is 5.11 Å². The highest BCUT2D eigenvalue weighted by Gasteiger charge is 2.25. The lowest BCUT2D eigenvalue weighted by molar-refractivity contribution is -0.139. The Morgan fingerprint density at radius 2 is 2.33 bits per heavy atom. The molecule has 0 radical (unpaired) electrons. The van der Waals surface area contributed by atoms with Gasteiger partial charge in [-0.1, -0.05) is 5.11 Å². The number of aliphatic carboxylic acids is 1. The summed E-state index contributed by atoms with van der Waals surface area (Å²) in [5.74, 6) is -0.468.